The van der Waals surface area contributed by atoms with Crippen LogP contribution >= 0.6 is 0 Å². The zero-order valence-corrected chi connectivity index (χ0v) is 19.0. The second kappa shape index (κ2) is 10.1. The maximum atomic E-state index is 14.2. The highest BCUT2D eigenvalue weighted by molar-refractivity contribution is 5.80. The first-order valence-electron chi connectivity index (χ1n) is 11.0. The Bertz CT molecular complexity index is 910. The third-order valence-electron chi connectivity index (χ3n) is 5.09. The van der Waals surface area contributed by atoms with Gasteiger partial charge in [-0.25, -0.2) is 14.2 Å². The second-order valence-electron chi connectivity index (χ2n) is 8.86. The van der Waals surface area contributed by atoms with Crippen molar-refractivity contribution in [3.63, 3.8) is 0 Å². The molecule has 1 fully saturated rings. The summed E-state index contributed by atoms with van der Waals surface area (Å²) in [6.07, 6.45) is 5.18. The first-order chi connectivity index (χ1) is 14.8. The van der Waals surface area contributed by atoms with Crippen molar-refractivity contribution in [1.29, 1.82) is 0 Å². The number of unbranched alkanes of at least 4 members (excludes halogenated alkanes) is 1. The van der Waals surface area contributed by atoms with E-state index in [-0.39, 0.29) is 18.5 Å². The molecule has 8 heteroatoms. The van der Waals surface area contributed by atoms with Gasteiger partial charge in [0.05, 0.1) is 11.0 Å². The van der Waals surface area contributed by atoms with Gasteiger partial charge in [-0.15, -0.1) is 0 Å². The van der Waals surface area contributed by atoms with Gasteiger partial charge in [0.15, 0.2) is 0 Å². The van der Waals surface area contributed by atoms with Crippen molar-refractivity contribution >= 4 is 29.1 Å². The van der Waals surface area contributed by atoms with Gasteiger partial charge < -0.3 is 24.4 Å². The Balaban J connectivity index is 1.61. The number of amides is 1. The van der Waals surface area contributed by atoms with Crippen molar-refractivity contribution in [2.45, 2.75) is 46.1 Å². The van der Waals surface area contributed by atoms with Crippen molar-refractivity contribution in [2.24, 2.45) is 0 Å². The number of ether oxygens (including phenoxy) is 1. The number of nitrogens with zero attached hydrogens (tertiary/aromatic N) is 4. The molecule has 2 aromatic heterocycles. The van der Waals surface area contributed by atoms with Crippen LogP contribution in [0.5, 0.6) is 0 Å². The zero-order valence-electron chi connectivity index (χ0n) is 19.0. The van der Waals surface area contributed by atoms with Gasteiger partial charge in [-0.3, -0.25) is 0 Å². The fourth-order valence-corrected chi connectivity index (χ4v) is 3.47. The molecule has 0 aliphatic carbocycles. The molecule has 31 heavy (non-hydrogen) atoms. The number of carbonyl (C=O) groups is 1. The number of halogens is 1. The van der Waals surface area contributed by atoms with Crippen LogP contribution in [-0.4, -0.2) is 65.4 Å². The van der Waals surface area contributed by atoms with Gasteiger partial charge in [0.25, 0.3) is 0 Å². The topological polar surface area (TPSA) is 62.6 Å². The number of anilines is 1. The summed E-state index contributed by atoms with van der Waals surface area (Å²) in [6.45, 7) is 11.3. The van der Waals surface area contributed by atoms with Crippen molar-refractivity contribution < 1.29 is 13.9 Å². The quantitative estimate of drug-likeness (QED) is 0.664. The Morgan fingerprint density at radius 1 is 1.23 bits per heavy atom. The fourth-order valence-electron chi connectivity index (χ4n) is 3.47. The van der Waals surface area contributed by atoms with Crippen molar-refractivity contribution in [2.75, 3.05) is 44.2 Å². The minimum Gasteiger partial charge on any atom is -0.444 e. The summed E-state index contributed by atoms with van der Waals surface area (Å²) in [7, 11) is 0. The number of pyridine rings is 1. The Kier molecular flexibility index (Phi) is 7.54. The highest BCUT2D eigenvalue weighted by Gasteiger charge is 2.26. The van der Waals surface area contributed by atoms with E-state index in [9.17, 15) is 9.18 Å². The molecule has 7 nitrogen and oxygen atoms in total. The van der Waals surface area contributed by atoms with Gasteiger partial charge in [0.1, 0.15) is 17.2 Å². The van der Waals surface area contributed by atoms with E-state index >= 15 is 0 Å². The predicted molar refractivity (Wildman–Crippen MR) is 123 cm³/mol. The minimum absolute atomic E-state index is 0.212. The third-order valence-corrected chi connectivity index (χ3v) is 5.09. The van der Waals surface area contributed by atoms with E-state index in [1.807, 2.05) is 45.2 Å². The number of nitrogens with one attached hydrogen (secondary N) is 1. The molecule has 0 atom stereocenters. The number of hydrogen-bond acceptors (Lipinski definition) is 5. The summed E-state index contributed by atoms with van der Waals surface area (Å²) in [4.78, 5) is 20.9. The summed E-state index contributed by atoms with van der Waals surface area (Å²) >= 11 is 0. The summed E-state index contributed by atoms with van der Waals surface area (Å²) in [5.74, 6) is 0.649. The van der Waals surface area contributed by atoms with Crippen LogP contribution < -0.4 is 10.2 Å². The number of rotatable bonds is 7. The first kappa shape index (κ1) is 23.1. The van der Waals surface area contributed by atoms with Crippen LogP contribution in [0.25, 0.3) is 17.2 Å². The van der Waals surface area contributed by atoms with E-state index in [1.54, 1.807) is 9.47 Å². The van der Waals surface area contributed by atoms with Crippen LogP contribution in [0.15, 0.2) is 30.2 Å². The lowest BCUT2D eigenvalue weighted by Crippen LogP contribution is -2.50. The van der Waals surface area contributed by atoms with Crippen LogP contribution in [0.3, 0.4) is 0 Å². The van der Waals surface area contributed by atoms with Crippen LogP contribution in [0.2, 0.25) is 0 Å². The smallest absolute Gasteiger partial charge is 0.410 e. The number of hydrogen-bond donors (Lipinski definition) is 1. The zero-order chi connectivity index (χ0) is 22.4. The molecule has 0 radical (unpaired) electrons. The maximum absolute atomic E-state index is 14.2. The van der Waals surface area contributed by atoms with E-state index in [0.29, 0.717) is 26.2 Å². The van der Waals surface area contributed by atoms with Gasteiger partial charge in [-0.05, 0) is 51.9 Å². The number of piperazine rings is 1. The molecule has 1 aliphatic heterocycles. The molecule has 1 amide bonds. The molecule has 0 unspecified atom stereocenters. The van der Waals surface area contributed by atoms with E-state index < -0.39 is 5.60 Å². The van der Waals surface area contributed by atoms with Crippen LogP contribution in [0, 0.1) is 0 Å². The van der Waals surface area contributed by atoms with Crippen LogP contribution in [0.4, 0.5) is 15.0 Å². The first-order valence-corrected chi connectivity index (χ1v) is 11.0. The highest BCUT2D eigenvalue weighted by Crippen LogP contribution is 2.22. The average molecular weight is 432 g/mol. The standard InChI is InChI=1S/C23H34FN5O2/c1-5-6-10-25-16-18(24)17-29-11-9-19-20(29)7-8-21(26-19)27-12-14-28(15-13-27)22(30)31-23(2,3)4/h7-9,11,17,25H,5-6,10,12-16H2,1-4H3. The molecule has 3 rings (SSSR count). The molecule has 2 aromatic rings. The molecule has 170 valence electrons. The molecule has 1 aliphatic rings. The number of aromatic nitrogens is 2. The number of carbonyl (C=O) groups excluding carboxylic acids is 1. The monoisotopic (exact) mass is 431 g/mol. The molecule has 0 bridgehead atoms. The summed E-state index contributed by atoms with van der Waals surface area (Å²) < 4.78 is 21.4. The third kappa shape index (κ3) is 6.43. The Morgan fingerprint density at radius 2 is 1.97 bits per heavy atom. The lowest BCUT2D eigenvalue weighted by molar-refractivity contribution is 0.0240. The van der Waals surface area contributed by atoms with E-state index in [2.05, 4.69) is 17.1 Å². The molecule has 0 spiro atoms. The normalized spacial score (nSPS) is 15.6. The second-order valence-corrected chi connectivity index (χ2v) is 8.86. The molecule has 0 aromatic carbocycles. The molecular formula is C23H34FN5O2. The Morgan fingerprint density at radius 3 is 2.65 bits per heavy atom. The lowest BCUT2D eigenvalue weighted by Gasteiger charge is -2.36. The van der Waals surface area contributed by atoms with Crippen molar-refractivity contribution in [3.05, 3.63) is 30.2 Å². The largest absolute Gasteiger partial charge is 0.444 e. The van der Waals surface area contributed by atoms with Gasteiger partial charge >= 0.3 is 6.09 Å². The molecule has 1 N–H and O–H groups in total. The van der Waals surface area contributed by atoms with Crippen molar-refractivity contribution in [3.8, 4) is 0 Å². The predicted octanol–water partition coefficient (Wildman–Crippen LogP) is 4.25. The van der Waals surface area contributed by atoms with Gasteiger partial charge in [-0.2, -0.15) is 0 Å². The van der Waals surface area contributed by atoms with Gasteiger partial charge in [-0.1, -0.05) is 13.3 Å². The summed E-state index contributed by atoms with van der Waals surface area (Å²) in [5, 5.41) is 3.11. The van der Waals surface area contributed by atoms with Crippen LogP contribution in [-0.2, 0) is 4.74 Å². The Labute approximate surface area is 183 Å². The molecule has 0 saturated carbocycles. The SMILES string of the molecule is CCCCNCC(F)=Cn1ccc2nc(N3CCN(C(=O)OC(C)(C)C)CC3)ccc21. The van der Waals surface area contributed by atoms with Gasteiger partial charge in [0.2, 0.25) is 0 Å². The van der Waals surface area contributed by atoms with Crippen LogP contribution in [0.1, 0.15) is 40.5 Å². The molecule has 1 saturated heterocycles. The maximum Gasteiger partial charge on any atom is 0.410 e. The minimum atomic E-state index is -0.493. The summed E-state index contributed by atoms with van der Waals surface area (Å²) in [6, 6.07) is 5.81. The lowest BCUT2D eigenvalue weighted by atomic mass is 10.2. The van der Waals surface area contributed by atoms with Crippen molar-refractivity contribution in [1.82, 2.24) is 19.8 Å². The van der Waals surface area contributed by atoms with E-state index in [4.69, 9.17) is 9.72 Å². The number of fused-ring (bicyclic) bond motifs is 1. The summed E-state index contributed by atoms with van der Waals surface area (Å²) in [5.41, 5.74) is 1.18. The van der Waals surface area contributed by atoms with Gasteiger partial charge in [0, 0.05) is 45.1 Å². The molecule has 3 heterocycles. The molecular weight excluding hydrogens is 397 g/mol. The average Bonchev–Trinajstić information content (AvgIpc) is 3.12. The Hall–Kier alpha value is -2.61. The fraction of sp³-hybridized carbons (Fsp3) is 0.565. The van der Waals surface area contributed by atoms with E-state index in [0.717, 1.165) is 36.2 Å². The van der Waals surface area contributed by atoms with E-state index in [1.165, 1.54) is 6.20 Å². The highest BCUT2D eigenvalue weighted by atomic mass is 19.1.